The van der Waals surface area contributed by atoms with Crippen molar-refractivity contribution in [2.24, 2.45) is 0 Å². The van der Waals surface area contributed by atoms with E-state index < -0.39 is 0 Å². The zero-order valence-electron chi connectivity index (χ0n) is 17.6. The van der Waals surface area contributed by atoms with Crippen molar-refractivity contribution >= 4 is 0 Å². The first-order valence-electron chi connectivity index (χ1n) is 10.4. The Labute approximate surface area is 173 Å². The molecule has 4 aromatic rings. The van der Waals surface area contributed by atoms with E-state index in [4.69, 9.17) is 4.98 Å². The van der Waals surface area contributed by atoms with Crippen LogP contribution in [0.3, 0.4) is 0 Å². The Kier molecular flexibility index (Phi) is 5.35. The molecule has 0 fully saturated rings. The van der Waals surface area contributed by atoms with Crippen LogP contribution in [0.25, 0.3) is 28.2 Å². The first-order valence-corrected chi connectivity index (χ1v) is 10.4. The van der Waals surface area contributed by atoms with E-state index in [9.17, 15) is 0 Å². The van der Waals surface area contributed by atoms with Gasteiger partial charge in [-0.15, -0.1) is 0 Å². The number of hydrogen-bond acceptors (Lipinski definition) is 1. The Bertz CT molecular complexity index is 1060. The van der Waals surface area contributed by atoms with Gasteiger partial charge in [-0.2, -0.15) is 0 Å². The van der Waals surface area contributed by atoms with Crippen molar-refractivity contribution in [3.05, 3.63) is 96.3 Å². The molecule has 0 spiro atoms. The van der Waals surface area contributed by atoms with Gasteiger partial charge >= 0.3 is 0 Å². The van der Waals surface area contributed by atoms with Crippen LogP contribution in [0.2, 0.25) is 0 Å². The van der Waals surface area contributed by atoms with E-state index >= 15 is 0 Å². The summed E-state index contributed by atoms with van der Waals surface area (Å²) in [6, 6.07) is 25.8. The highest BCUT2D eigenvalue weighted by molar-refractivity contribution is 5.71. The predicted molar refractivity (Wildman–Crippen MR) is 123 cm³/mol. The average molecular weight is 381 g/mol. The highest BCUT2D eigenvalue weighted by Crippen LogP contribution is 2.37. The molecule has 0 atom stereocenters. The minimum absolute atomic E-state index is 0.400. The normalized spacial score (nSPS) is 11.4. The van der Waals surface area contributed by atoms with E-state index in [0.29, 0.717) is 11.8 Å². The molecule has 0 saturated carbocycles. The van der Waals surface area contributed by atoms with Gasteiger partial charge in [0.05, 0.1) is 5.69 Å². The molecule has 0 bridgehead atoms. The quantitative estimate of drug-likeness (QED) is 0.351. The molecule has 29 heavy (non-hydrogen) atoms. The Morgan fingerprint density at radius 3 is 1.69 bits per heavy atom. The predicted octanol–water partition coefficient (Wildman–Crippen LogP) is 7.45. The van der Waals surface area contributed by atoms with Crippen molar-refractivity contribution in [2.75, 3.05) is 0 Å². The second-order valence-electron chi connectivity index (χ2n) is 8.17. The van der Waals surface area contributed by atoms with Crippen LogP contribution in [0.4, 0.5) is 0 Å². The van der Waals surface area contributed by atoms with E-state index in [1.807, 2.05) is 12.3 Å². The summed E-state index contributed by atoms with van der Waals surface area (Å²) in [5, 5.41) is 0. The highest BCUT2D eigenvalue weighted by Gasteiger charge is 2.20. The summed E-state index contributed by atoms with van der Waals surface area (Å²) in [6.07, 6.45) is 4.00. The first-order chi connectivity index (χ1) is 14.1. The Balaban J connectivity index is 1.98. The lowest BCUT2D eigenvalue weighted by atomic mass is 9.88. The molecule has 3 aromatic carbocycles. The molecule has 1 heterocycles. The smallest absolute Gasteiger partial charge is 0.144 e. The molecule has 0 aliphatic rings. The largest absolute Gasteiger partial charge is 0.299 e. The zero-order valence-corrected chi connectivity index (χ0v) is 17.6. The van der Waals surface area contributed by atoms with Crippen LogP contribution in [0.1, 0.15) is 50.7 Å². The molecule has 146 valence electrons. The van der Waals surface area contributed by atoms with Crippen molar-refractivity contribution in [2.45, 2.75) is 39.5 Å². The Morgan fingerprint density at radius 1 is 0.655 bits per heavy atom. The van der Waals surface area contributed by atoms with Crippen molar-refractivity contribution in [1.29, 1.82) is 0 Å². The van der Waals surface area contributed by atoms with Crippen molar-refractivity contribution < 1.29 is 0 Å². The lowest BCUT2D eigenvalue weighted by Gasteiger charge is -2.23. The third kappa shape index (κ3) is 3.75. The standard InChI is InChI=1S/C27H28N2/c1-19(2)24-17-23(21-11-7-5-8-12-21)18-25(20(3)4)26(24)29-16-15-28-27(29)22-13-9-6-10-14-22/h5-20H,1-4H3. The SMILES string of the molecule is CC(C)c1cc(-c2ccccc2)cc(C(C)C)c1-n1ccnc1-c1ccccc1. The molecule has 4 rings (SSSR count). The Morgan fingerprint density at radius 2 is 1.17 bits per heavy atom. The first kappa shape index (κ1) is 19.2. The number of nitrogens with zero attached hydrogens (tertiary/aromatic N) is 2. The summed E-state index contributed by atoms with van der Waals surface area (Å²) in [5.74, 6) is 1.79. The summed E-state index contributed by atoms with van der Waals surface area (Å²) in [5.41, 5.74) is 7.65. The lowest BCUT2D eigenvalue weighted by Crippen LogP contribution is -2.08. The third-order valence-corrected chi connectivity index (χ3v) is 5.43. The van der Waals surface area contributed by atoms with Gasteiger partial charge in [0, 0.05) is 18.0 Å². The van der Waals surface area contributed by atoms with Gasteiger partial charge in [0.2, 0.25) is 0 Å². The van der Waals surface area contributed by atoms with Gasteiger partial charge in [0.15, 0.2) is 0 Å². The molecule has 0 N–H and O–H groups in total. The van der Waals surface area contributed by atoms with Crippen LogP contribution in [0.5, 0.6) is 0 Å². The van der Waals surface area contributed by atoms with Crippen LogP contribution in [-0.2, 0) is 0 Å². The van der Waals surface area contributed by atoms with Gasteiger partial charge in [0.25, 0.3) is 0 Å². The summed E-state index contributed by atoms with van der Waals surface area (Å²) >= 11 is 0. The van der Waals surface area contributed by atoms with E-state index in [1.165, 1.54) is 27.9 Å². The third-order valence-electron chi connectivity index (χ3n) is 5.43. The van der Waals surface area contributed by atoms with Gasteiger partial charge < -0.3 is 0 Å². The van der Waals surface area contributed by atoms with Gasteiger partial charge in [-0.25, -0.2) is 4.98 Å². The number of benzene rings is 3. The van der Waals surface area contributed by atoms with Gasteiger partial charge in [0.1, 0.15) is 5.82 Å². The van der Waals surface area contributed by atoms with Gasteiger partial charge in [-0.05, 0) is 46.2 Å². The Hall–Kier alpha value is -3.13. The molecule has 0 radical (unpaired) electrons. The zero-order chi connectivity index (χ0) is 20.4. The average Bonchev–Trinajstić information content (AvgIpc) is 3.23. The van der Waals surface area contributed by atoms with Crippen molar-refractivity contribution in [3.8, 4) is 28.2 Å². The van der Waals surface area contributed by atoms with Crippen LogP contribution in [-0.4, -0.2) is 9.55 Å². The maximum absolute atomic E-state index is 4.71. The summed E-state index contributed by atoms with van der Waals surface area (Å²) < 4.78 is 2.27. The minimum Gasteiger partial charge on any atom is -0.299 e. The molecular weight excluding hydrogens is 352 g/mol. The number of aromatic nitrogens is 2. The number of rotatable bonds is 5. The minimum atomic E-state index is 0.400. The van der Waals surface area contributed by atoms with E-state index in [2.05, 4.69) is 105 Å². The molecular formula is C27H28N2. The number of hydrogen-bond donors (Lipinski definition) is 0. The molecule has 2 nitrogen and oxygen atoms in total. The fourth-order valence-corrected chi connectivity index (χ4v) is 3.92. The van der Waals surface area contributed by atoms with Crippen LogP contribution < -0.4 is 0 Å². The van der Waals surface area contributed by atoms with Crippen LogP contribution in [0, 0.1) is 0 Å². The van der Waals surface area contributed by atoms with Gasteiger partial charge in [-0.1, -0.05) is 88.4 Å². The van der Waals surface area contributed by atoms with Gasteiger partial charge in [-0.3, -0.25) is 4.57 Å². The molecule has 0 aliphatic carbocycles. The summed E-state index contributed by atoms with van der Waals surface area (Å²) in [6.45, 7) is 9.10. The molecule has 0 saturated heterocycles. The summed E-state index contributed by atoms with van der Waals surface area (Å²) in [4.78, 5) is 4.71. The fraction of sp³-hybridized carbons (Fsp3) is 0.222. The van der Waals surface area contributed by atoms with E-state index in [0.717, 1.165) is 11.4 Å². The monoisotopic (exact) mass is 380 g/mol. The molecule has 0 aliphatic heterocycles. The number of imidazole rings is 1. The molecule has 0 unspecified atom stereocenters. The van der Waals surface area contributed by atoms with E-state index in [-0.39, 0.29) is 0 Å². The fourth-order valence-electron chi connectivity index (χ4n) is 3.92. The summed E-state index contributed by atoms with van der Waals surface area (Å²) in [7, 11) is 0. The lowest BCUT2D eigenvalue weighted by molar-refractivity contribution is 0.807. The molecule has 1 aromatic heterocycles. The molecule has 0 amide bonds. The second-order valence-corrected chi connectivity index (χ2v) is 8.17. The maximum atomic E-state index is 4.71. The van der Waals surface area contributed by atoms with E-state index in [1.54, 1.807) is 0 Å². The highest BCUT2D eigenvalue weighted by atomic mass is 15.1. The second kappa shape index (κ2) is 8.08. The van der Waals surface area contributed by atoms with Crippen molar-refractivity contribution in [1.82, 2.24) is 9.55 Å². The topological polar surface area (TPSA) is 17.8 Å². The van der Waals surface area contributed by atoms with Crippen LogP contribution in [0.15, 0.2) is 85.2 Å². The van der Waals surface area contributed by atoms with Crippen molar-refractivity contribution in [3.63, 3.8) is 0 Å². The van der Waals surface area contributed by atoms with Crippen LogP contribution >= 0.6 is 0 Å². The maximum Gasteiger partial charge on any atom is 0.144 e. The molecule has 2 heteroatoms.